The van der Waals surface area contributed by atoms with E-state index in [1.54, 1.807) is 0 Å². The molecule has 7 heteroatoms. The molecule has 2 rings (SSSR count). The normalized spacial score (nSPS) is 16.1. The number of benzene rings is 1. The molecule has 0 unspecified atom stereocenters. The van der Waals surface area contributed by atoms with E-state index in [1.165, 1.54) is 0 Å². The standard InChI is InChI=1S/C13H14N2O5/c1-13(3-2-4-13)14-11(16)8-5-9(12(17)18)7-10(6-8)15(19)20/h5-7H,2-4H2,1H3,(H,14,16)(H,17,18). The van der Waals surface area contributed by atoms with Gasteiger partial charge in [-0.2, -0.15) is 0 Å². The first kappa shape index (κ1) is 14.0. The van der Waals surface area contributed by atoms with Crippen LogP contribution in [0.3, 0.4) is 0 Å². The minimum Gasteiger partial charge on any atom is -0.478 e. The van der Waals surface area contributed by atoms with Crippen molar-refractivity contribution in [3.63, 3.8) is 0 Å². The van der Waals surface area contributed by atoms with Crippen LogP contribution in [-0.2, 0) is 0 Å². The SMILES string of the molecule is CC1(NC(=O)c2cc(C(=O)O)cc([N+](=O)[O-])c2)CCC1. The van der Waals surface area contributed by atoms with Crippen LogP contribution in [0.1, 0.15) is 46.9 Å². The predicted molar refractivity (Wildman–Crippen MR) is 69.8 cm³/mol. The number of carbonyl (C=O) groups is 2. The minimum atomic E-state index is -1.31. The number of aromatic carboxylic acids is 1. The number of amides is 1. The Kier molecular flexibility index (Phi) is 3.44. The second-order valence-electron chi connectivity index (χ2n) is 5.20. The summed E-state index contributed by atoms with van der Waals surface area (Å²) < 4.78 is 0. The first-order valence-electron chi connectivity index (χ1n) is 6.16. The molecule has 0 aromatic heterocycles. The lowest BCUT2D eigenvalue weighted by molar-refractivity contribution is -0.384. The van der Waals surface area contributed by atoms with Crippen molar-refractivity contribution in [1.82, 2.24) is 5.32 Å². The number of hydrogen-bond acceptors (Lipinski definition) is 4. The molecule has 1 aliphatic carbocycles. The molecule has 0 radical (unpaired) electrons. The number of carboxylic acids is 1. The van der Waals surface area contributed by atoms with Crippen molar-refractivity contribution < 1.29 is 19.6 Å². The Bertz CT molecular complexity index is 560. The van der Waals surface area contributed by atoms with Crippen LogP contribution in [0.15, 0.2) is 18.2 Å². The second-order valence-corrected chi connectivity index (χ2v) is 5.20. The smallest absolute Gasteiger partial charge is 0.335 e. The Morgan fingerprint density at radius 3 is 2.35 bits per heavy atom. The highest BCUT2D eigenvalue weighted by molar-refractivity contribution is 5.98. The number of carbonyl (C=O) groups excluding carboxylic acids is 1. The molecule has 1 aromatic carbocycles. The highest BCUT2D eigenvalue weighted by Crippen LogP contribution is 2.31. The minimum absolute atomic E-state index is 0.00951. The largest absolute Gasteiger partial charge is 0.478 e. The molecule has 1 saturated carbocycles. The highest BCUT2D eigenvalue weighted by Gasteiger charge is 2.33. The van der Waals surface area contributed by atoms with E-state index >= 15 is 0 Å². The molecule has 0 bridgehead atoms. The monoisotopic (exact) mass is 278 g/mol. The zero-order chi connectivity index (χ0) is 14.9. The van der Waals surface area contributed by atoms with Crippen molar-refractivity contribution in [3.05, 3.63) is 39.4 Å². The summed E-state index contributed by atoms with van der Waals surface area (Å²) in [5, 5.41) is 22.5. The van der Waals surface area contributed by atoms with Gasteiger partial charge in [0.25, 0.3) is 11.6 Å². The van der Waals surface area contributed by atoms with Crippen molar-refractivity contribution in [2.75, 3.05) is 0 Å². The van der Waals surface area contributed by atoms with Gasteiger partial charge in [-0.25, -0.2) is 4.79 Å². The van der Waals surface area contributed by atoms with E-state index in [0.717, 1.165) is 37.5 Å². The summed E-state index contributed by atoms with van der Waals surface area (Å²) in [7, 11) is 0. The van der Waals surface area contributed by atoms with Crippen molar-refractivity contribution in [1.29, 1.82) is 0 Å². The van der Waals surface area contributed by atoms with Gasteiger partial charge in [0.2, 0.25) is 0 Å². The third kappa shape index (κ3) is 2.76. The zero-order valence-electron chi connectivity index (χ0n) is 10.9. The Morgan fingerprint density at radius 1 is 1.30 bits per heavy atom. The molecule has 0 heterocycles. The number of nitrogens with one attached hydrogen (secondary N) is 1. The van der Waals surface area contributed by atoms with Gasteiger partial charge in [-0.05, 0) is 32.3 Å². The van der Waals surface area contributed by atoms with Crippen LogP contribution in [0.25, 0.3) is 0 Å². The van der Waals surface area contributed by atoms with Gasteiger partial charge in [0.15, 0.2) is 0 Å². The molecular weight excluding hydrogens is 264 g/mol. The summed E-state index contributed by atoms with van der Waals surface area (Å²) in [6, 6.07) is 3.17. The van der Waals surface area contributed by atoms with E-state index < -0.39 is 22.5 Å². The molecule has 0 spiro atoms. The van der Waals surface area contributed by atoms with Gasteiger partial charge >= 0.3 is 5.97 Å². The number of nitro benzene ring substituents is 1. The van der Waals surface area contributed by atoms with E-state index in [-0.39, 0.29) is 16.7 Å². The van der Waals surface area contributed by atoms with E-state index in [9.17, 15) is 19.7 Å². The molecule has 1 aliphatic rings. The number of rotatable bonds is 4. The second kappa shape index (κ2) is 4.92. The predicted octanol–water partition coefficient (Wildman–Crippen LogP) is 1.97. The third-order valence-corrected chi connectivity index (χ3v) is 3.51. The summed E-state index contributed by atoms with van der Waals surface area (Å²) in [5.41, 5.74) is -0.993. The van der Waals surface area contributed by atoms with Crippen LogP contribution in [0, 0.1) is 10.1 Å². The Labute approximate surface area is 114 Å². The number of hydrogen-bond donors (Lipinski definition) is 2. The lowest BCUT2D eigenvalue weighted by atomic mass is 9.78. The zero-order valence-corrected chi connectivity index (χ0v) is 10.9. The first-order chi connectivity index (χ1) is 9.31. The van der Waals surface area contributed by atoms with Gasteiger partial charge in [-0.3, -0.25) is 14.9 Å². The van der Waals surface area contributed by atoms with Gasteiger partial charge in [0.1, 0.15) is 0 Å². The molecule has 2 N–H and O–H groups in total. The van der Waals surface area contributed by atoms with E-state index in [0.29, 0.717) is 0 Å². The number of non-ortho nitro benzene ring substituents is 1. The summed E-state index contributed by atoms with van der Waals surface area (Å²) in [6.45, 7) is 1.89. The topological polar surface area (TPSA) is 110 Å². The summed E-state index contributed by atoms with van der Waals surface area (Å²) in [6.07, 6.45) is 2.71. The fraction of sp³-hybridized carbons (Fsp3) is 0.385. The molecule has 0 saturated heterocycles. The lowest BCUT2D eigenvalue weighted by Crippen LogP contribution is -2.50. The first-order valence-corrected chi connectivity index (χ1v) is 6.16. The fourth-order valence-corrected chi connectivity index (χ4v) is 2.15. The average Bonchev–Trinajstić information content (AvgIpc) is 2.36. The van der Waals surface area contributed by atoms with E-state index in [4.69, 9.17) is 5.11 Å². The Balaban J connectivity index is 2.32. The molecule has 1 aromatic rings. The van der Waals surface area contributed by atoms with E-state index in [2.05, 4.69) is 5.32 Å². The number of carboxylic acid groups (broad SMARTS) is 1. The van der Waals surface area contributed by atoms with Crippen LogP contribution < -0.4 is 5.32 Å². The molecule has 7 nitrogen and oxygen atoms in total. The molecular formula is C13H14N2O5. The van der Waals surface area contributed by atoms with Gasteiger partial charge in [0.05, 0.1) is 10.5 Å². The molecule has 0 aliphatic heterocycles. The summed E-state index contributed by atoms with van der Waals surface area (Å²) >= 11 is 0. The summed E-state index contributed by atoms with van der Waals surface area (Å²) in [5.74, 6) is -1.80. The maximum Gasteiger partial charge on any atom is 0.335 e. The van der Waals surface area contributed by atoms with Crippen LogP contribution in [0.2, 0.25) is 0 Å². The van der Waals surface area contributed by atoms with Crippen molar-refractivity contribution in [2.45, 2.75) is 31.7 Å². The maximum atomic E-state index is 12.1. The highest BCUT2D eigenvalue weighted by atomic mass is 16.6. The van der Waals surface area contributed by atoms with E-state index in [1.807, 2.05) is 6.92 Å². The average molecular weight is 278 g/mol. The van der Waals surface area contributed by atoms with Gasteiger partial charge in [-0.15, -0.1) is 0 Å². The summed E-state index contributed by atoms with van der Waals surface area (Å²) in [4.78, 5) is 33.1. The number of nitrogens with zero attached hydrogens (tertiary/aromatic N) is 1. The van der Waals surface area contributed by atoms with Gasteiger partial charge in [-0.1, -0.05) is 0 Å². The van der Waals surface area contributed by atoms with Gasteiger partial charge < -0.3 is 10.4 Å². The third-order valence-electron chi connectivity index (χ3n) is 3.51. The molecule has 0 atom stereocenters. The van der Waals surface area contributed by atoms with Crippen molar-refractivity contribution in [2.24, 2.45) is 0 Å². The molecule has 20 heavy (non-hydrogen) atoms. The van der Waals surface area contributed by atoms with Crippen LogP contribution in [0.5, 0.6) is 0 Å². The number of nitro groups is 1. The van der Waals surface area contributed by atoms with Crippen molar-refractivity contribution in [3.8, 4) is 0 Å². The van der Waals surface area contributed by atoms with Crippen LogP contribution in [0.4, 0.5) is 5.69 Å². The quantitative estimate of drug-likeness (QED) is 0.646. The maximum absolute atomic E-state index is 12.1. The van der Waals surface area contributed by atoms with Crippen LogP contribution >= 0.6 is 0 Å². The fourth-order valence-electron chi connectivity index (χ4n) is 2.15. The Morgan fingerprint density at radius 2 is 1.90 bits per heavy atom. The molecule has 106 valence electrons. The van der Waals surface area contributed by atoms with Crippen molar-refractivity contribution >= 4 is 17.6 Å². The Hall–Kier alpha value is -2.44. The van der Waals surface area contributed by atoms with Gasteiger partial charge in [0, 0.05) is 23.2 Å². The molecule has 1 fully saturated rings. The molecule has 1 amide bonds. The lowest BCUT2D eigenvalue weighted by Gasteiger charge is -2.39. The van der Waals surface area contributed by atoms with Crippen LogP contribution in [-0.4, -0.2) is 27.4 Å².